The summed E-state index contributed by atoms with van der Waals surface area (Å²) in [6.45, 7) is 0. The summed E-state index contributed by atoms with van der Waals surface area (Å²) in [6, 6.07) is 4.14. The van der Waals surface area contributed by atoms with Gasteiger partial charge < -0.3 is 9.45 Å². The summed E-state index contributed by atoms with van der Waals surface area (Å²) in [6.07, 6.45) is 0. The van der Waals surface area contributed by atoms with Crippen molar-refractivity contribution in [3.63, 3.8) is 0 Å². The fourth-order valence-electron chi connectivity index (χ4n) is 1.02. The molecular weight excluding hydrogens is 261 g/mol. The minimum atomic E-state index is -2.43. The molecular formula is C9H9ClNNaO3S. The van der Waals surface area contributed by atoms with E-state index in [0.717, 1.165) is 0 Å². The molecule has 1 rings (SSSR count). The Hall–Kier alpha value is 0.0900. The van der Waals surface area contributed by atoms with Gasteiger partial charge in [0, 0.05) is 24.6 Å². The van der Waals surface area contributed by atoms with E-state index in [4.69, 9.17) is 11.6 Å². The van der Waals surface area contributed by atoms with Crippen molar-refractivity contribution in [3.8, 4) is 0 Å². The number of hydrogen-bond acceptors (Lipinski definition) is 3. The van der Waals surface area contributed by atoms with Crippen LogP contribution < -0.4 is 29.6 Å². The maximum atomic E-state index is 11.5. The van der Waals surface area contributed by atoms with Crippen LogP contribution in [0.25, 0.3) is 0 Å². The van der Waals surface area contributed by atoms with Gasteiger partial charge in [-0.1, -0.05) is 11.6 Å². The second-order valence-corrected chi connectivity index (χ2v) is 4.40. The van der Waals surface area contributed by atoms with Gasteiger partial charge in [-0.3, -0.25) is 9.00 Å². The monoisotopic (exact) mass is 269 g/mol. The summed E-state index contributed by atoms with van der Waals surface area (Å²) in [4.78, 5) is 12.8. The molecule has 1 aromatic rings. The van der Waals surface area contributed by atoms with E-state index < -0.39 is 11.1 Å². The first-order valence-electron chi connectivity index (χ1n) is 4.04. The first-order chi connectivity index (χ1) is 6.93. The minimum Gasteiger partial charge on any atom is -0.768 e. The summed E-state index contributed by atoms with van der Waals surface area (Å²) in [7, 11) is 3.18. The van der Waals surface area contributed by atoms with Crippen molar-refractivity contribution < 1.29 is 43.1 Å². The molecule has 0 bridgehead atoms. The van der Waals surface area contributed by atoms with E-state index in [2.05, 4.69) is 0 Å². The zero-order chi connectivity index (χ0) is 11.6. The van der Waals surface area contributed by atoms with E-state index in [1.165, 1.54) is 23.1 Å². The van der Waals surface area contributed by atoms with Crippen LogP contribution in [-0.4, -0.2) is 33.7 Å². The molecule has 0 aliphatic heterocycles. The van der Waals surface area contributed by atoms with Crippen LogP contribution >= 0.6 is 11.6 Å². The molecule has 0 aliphatic carbocycles. The van der Waals surface area contributed by atoms with Crippen molar-refractivity contribution in [1.82, 2.24) is 4.90 Å². The number of hydrogen-bond donors (Lipinski definition) is 0. The van der Waals surface area contributed by atoms with Crippen molar-refractivity contribution in [2.75, 3.05) is 14.1 Å². The van der Waals surface area contributed by atoms with E-state index in [1.54, 1.807) is 14.1 Å². The van der Waals surface area contributed by atoms with Gasteiger partial charge in [0.25, 0.3) is 5.91 Å². The number of halogens is 1. The van der Waals surface area contributed by atoms with E-state index >= 15 is 0 Å². The van der Waals surface area contributed by atoms with Gasteiger partial charge in [0.05, 0.1) is 5.02 Å². The van der Waals surface area contributed by atoms with Crippen molar-refractivity contribution in [2.24, 2.45) is 0 Å². The molecule has 7 heteroatoms. The summed E-state index contributed by atoms with van der Waals surface area (Å²) >= 11 is 3.22. The second-order valence-electron chi connectivity index (χ2n) is 3.08. The molecule has 4 nitrogen and oxygen atoms in total. The Morgan fingerprint density at radius 1 is 1.44 bits per heavy atom. The number of rotatable bonds is 2. The molecule has 0 fully saturated rings. The second kappa shape index (κ2) is 6.74. The fourth-order valence-corrected chi connectivity index (χ4v) is 1.78. The molecule has 0 spiro atoms. The Labute approximate surface area is 124 Å². The SMILES string of the molecule is CN(C)C(=O)c1ccc(Cl)c(S(=O)[O-])c1.[Na+]. The number of amides is 1. The van der Waals surface area contributed by atoms with E-state index in [1.807, 2.05) is 0 Å². The molecule has 1 amide bonds. The van der Waals surface area contributed by atoms with Gasteiger partial charge in [-0.2, -0.15) is 0 Å². The maximum absolute atomic E-state index is 11.5. The van der Waals surface area contributed by atoms with Gasteiger partial charge >= 0.3 is 29.6 Å². The van der Waals surface area contributed by atoms with Crippen molar-refractivity contribution in [1.29, 1.82) is 0 Å². The van der Waals surface area contributed by atoms with Gasteiger partial charge in [0.1, 0.15) is 0 Å². The zero-order valence-electron chi connectivity index (χ0n) is 9.19. The van der Waals surface area contributed by atoms with Crippen LogP contribution in [0, 0.1) is 0 Å². The third kappa shape index (κ3) is 3.84. The molecule has 16 heavy (non-hydrogen) atoms. The Bertz CT molecular complexity index is 425. The van der Waals surface area contributed by atoms with Crippen molar-refractivity contribution >= 4 is 28.6 Å². The fraction of sp³-hybridized carbons (Fsp3) is 0.222. The van der Waals surface area contributed by atoms with Gasteiger partial charge in [-0.05, 0) is 29.3 Å². The smallest absolute Gasteiger partial charge is 0.768 e. The van der Waals surface area contributed by atoms with Gasteiger partial charge in [0.15, 0.2) is 0 Å². The molecule has 0 saturated heterocycles. The molecule has 0 saturated carbocycles. The van der Waals surface area contributed by atoms with Gasteiger partial charge in [-0.25, -0.2) is 0 Å². The molecule has 0 aromatic heterocycles. The van der Waals surface area contributed by atoms with Crippen LogP contribution in [-0.2, 0) is 11.1 Å². The summed E-state index contributed by atoms with van der Waals surface area (Å²) in [5, 5.41) is 0.110. The quantitative estimate of drug-likeness (QED) is 0.474. The Kier molecular flexibility index (Phi) is 6.77. The van der Waals surface area contributed by atoms with Gasteiger partial charge in [-0.15, -0.1) is 0 Å². The molecule has 0 N–H and O–H groups in total. The summed E-state index contributed by atoms with van der Waals surface area (Å²) in [5.74, 6) is -0.265. The zero-order valence-corrected chi connectivity index (χ0v) is 12.8. The molecule has 82 valence electrons. The largest absolute Gasteiger partial charge is 1.00 e. The number of carbonyl (C=O) groups is 1. The van der Waals surface area contributed by atoms with Gasteiger partial charge in [0.2, 0.25) is 0 Å². The summed E-state index contributed by atoms with van der Waals surface area (Å²) < 4.78 is 21.5. The third-order valence-corrected chi connectivity index (χ3v) is 2.90. The Morgan fingerprint density at radius 2 is 2.00 bits per heavy atom. The van der Waals surface area contributed by atoms with Crippen LogP contribution in [0.2, 0.25) is 5.02 Å². The molecule has 0 aliphatic rings. The Balaban J connectivity index is 0.00000225. The topological polar surface area (TPSA) is 60.4 Å². The molecule has 1 atom stereocenters. The predicted molar refractivity (Wildman–Crippen MR) is 56.7 cm³/mol. The molecule has 1 aromatic carbocycles. The summed E-state index contributed by atoms with van der Waals surface area (Å²) in [5.41, 5.74) is 0.295. The molecule has 1 unspecified atom stereocenters. The number of carbonyl (C=O) groups excluding carboxylic acids is 1. The Morgan fingerprint density at radius 3 is 2.44 bits per heavy atom. The van der Waals surface area contributed by atoms with Crippen LogP contribution in [0.4, 0.5) is 0 Å². The maximum Gasteiger partial charge on any atom is 1.00 e. The van der Waals surface area contributed by atoms with E-state index in [-0.39, 0.29) is 45.4 Å². The third-order valence-electron chi connectivity index (χ3n) is 1.76. The minimum absolute atomic E-state index is 0. The average molecular weight is 270 g/mol. The molecule has 0 heterocycles. The van der Waals surface area contributed by atoms with E-state index in [9.17, 15) is 13.6 Å². The molecule has 0 radical (unpaired) electrons. The van der Waals surface area contributed by atoms with Crippen LogP contribution in [0.3, 0.4) is 0 Å². The first kappa shape index (κ1) is 16.1. The van der Waals surface area contributed by atoms with Crippen LogP contribution in [0.1, 0.15) is 10.4 Å². The standard InChI is InChI=1S/C9H10ClNO3S.Na/c1-11(2)9(12)6-3-4-7(10)8(5-6)15(13)14;/h3-5H,1-2H3,(H,13,14);/q;+1/p-1. The van der Waals surface area contributed by atoms with Crippen molar-refractivity contribution in [2.45, 2.75) is 4.90 Å². The normalized spacial score (nSPS) is 11.5. The first-order valence-corrected chi connectivity index (χ1v) is 5.49. The average Bonchev–Trinajstić information content (AvgIpc) is 2.16. The van der Waals surface area contributed by atoms with Crippen LogP contribution in [0.15, 0.2) is 23.1 Å². The van der Waals surface area contributed by atoms with Crippen molar-refractivity contribution in [3.05, 3.63) is 28.8 Å². The van der Waals surface area contributed by atoms with Crippen LogP contribution in [0.5, 0.6) is 0 Å². The predicted octanol–water partition coefficient (Wildman–Crippen LogP) is -1.72. The van der Waals surface area contributed by atoms with E-state index in [0.29, 0.717) is 5.56 Å². The number of benzene rings is 1. The number of nitrogens with zero attached hydrogens (tertiary/aromatic N) is 1.